The molecule has 7 nitrogen and oxygen atoms in total. The van der Waals surface area contributed by atoms with Crippen molar-refractivity contribution in [3.05, 3.63) is 53.1 Å². The highest BCUT2D eigenvalue weighted by atomic mass is 32.2. The smallest absolute Gasteiger partial charge is 0.255 e. The SMILES string of the molecule is Cc1cc(N2CC(C)OC(C)C2)c(C)cc1NC(=O)c1ccc(NS(=O)(=O)C(C)(C)C)cc1. The summed E-state index contributed by atoms with van der Waals surface area (Å²) >= 11 is 0. The third-order valence-corrected chi connectivity index (χ3v) is 7.87. The Kier molecular flexibility index (Phi) is 7.10. The van der Waals surface area contributed by atoms with E-state index >= 15 is 0 Å². The number of nitrogens with one attached hydrogen (secondary N) is 2. The van der Waals surface area contributed by atoms with Crippen molar-refractivity contribution in [3.63, 3.8) is 0 Å². The number of amides is 1. The number of carbonyl (C=O) groups is 1. The van der Waals surface area contributed by atoms with Crippen LogP contribution >= 0.6 is 0 Å². The molecule has 0 saturated carbocycles. The second kappa shape index (κ2) is 9.35. The Labute approximate surface area is 197 Å². The van der Waals surface area contributed by atoms with Crippen LogP contribution in [0.4, 0.5) is 17.1 Å². The summed E-state index contributed by atoms with van der Waals surface area (Å²) in [7, 11) is -3.53. The van der Waals surface area contributed by atoms with Gasteiger partial charge in [0.05, 0.1) is 17.0 Å². The summed E-state index contributed by atoms with van der Waals surface area (Å²) in [5.74, 6) is -0.246. The first-order valence-electron chi connectivity index (χ1n) is 11.2. The second-order valence-electron chi connectivity index (χ2n) is 9.87. The molecule has 1 aliphatic rings. The normalized spacial score (nSPS) is 19.3. The van der Waals surface area contributed by atoms with Gasteiger partial charge in [0.2, 0.25) is 10.0 Å². The number of hydrogen-bond acceptors (Lipinski definition) is 5. The van der Waals surface area contributed by atoms with E-state index in [1.807, 2.05) is 19.9 Å². The molecule has 2 aromatic carbocycles. The summed E-state index contributed by atoms with van der Waals surface area (Å²) in [6.07, 6.45) is 0.340. The van der Waals surface area contributed by atoms with Crippen molar-refractivity contribution in [1.29, 1.82) is 0 Å². The van der Waals surface area contributed by atoms with Gasteiger partial charge in [-0.05, 0) is 96.0 Å². The molecule has 2 unspecified atom stereocenters. The molecule has 0 aliphatic carbocycles. The number of anilines is 3. The van der Waals surface area contributed by atoms with E-state index in [2.05, 4.69) is 34.9 Å². The fourth-order valence-corrected chi connectivity index (χ4v) is 4.60. The van der Waals surface area contributed by atoms with Crippen LogP contribution in [0.3, 0.4) is 0 Å². The van der Waals surface area contributed by atoms with Crippen molar-refractivity contribution < 1.29 is 17.9 Å². The van der Waals surface area contributed by atoms with Gasteiger partial charge in [-0.2, -0.15) is 0 Å². The maximum absolute atomic E-state index is 12.8. The molecule has 1 aliphatic heterocycles. The van der Waals surface area contributed by atoms with Crippen molar-refractivity contribution >= 4 is 33.0 Å². The number of carbonyl (C=O) groups excluding carboxylic acids is 1. The minimum Gasteiger partial charge on any atom is -0.372 e. The van der Waals surface area contributed by atoms with Crippen LogP contribution in [0.25, 0.3) is 0 Å². The molecular formula is C25H35N3O4S. The number of aryl methyl sites for hydroxylation is 2. The van der Waals surface area contributed by atoms with Gasteiger partial charge in [0.15, 0.2) is 0 Å². The van der Waals surface area contributed by atoms with E-state index in [9.17, 15) is 13.2 Å². The van der Waals surface area contributed by atoms with Crippen molar-refractivity contribution in [2.24, 2.45) is 0 Å². The third-order valence-electron chi connectivity index (χ3n) is 5.76. The molecule has 1 amide bonds. The molecule has 2 atom stereocenters. The predicted octanol–water partition coefficient (Wildman–Crippen LogP) is 4.71. The lowest BCUT2D eigenvalue weighted by molar-refractivity contribution is -0.00525. The number of benzene rings is 2. The van der Waals surface area contributed by atoms with Crippen molar-refractivity contribution in [2.45, 2.75) is 65.4 Å². The number of hydrogen-bond donors (Lipinski definition) is 2. The summed E-state index contributed by atoms with van der Waals surface area (Å²) < 4.78 is 32.1. The van der Waals surface area contributed by atoms with Gasteiger partial charge in [-0.3, -0.25) is 9.52 Å². The van der Waals surface area contributed by atoms with Crippen LogP contribution in [-0.2, 0) is 14.8 Å². The van der Waals surface area contributed by atoms with Crippen LogP contribution < -0.4 is 14.9 Å². The zero-order chi connectivity index (χ0) is 24.6. The first-order valence-corrected chi connectivity index (χ1v) is 12.7. The third kappa shape index (κ3) is 5.86. The molecule has 0 bridgehead atoms. The number of nitrogens with zero attached hydrogens (tertiary/aromatic N) is 1. The Morgan fingerprint density at radius 3 is 2.12 bits per heavy atom. The Bertz CT molecular complexity index is 1110. The highest BCUT2D eigenvalue weighted by molar-refractivity contribution is 7.94. The summed E-state index contributed by atoms with van der Waals surface area (Å²) in [6.45, 7) is 14.8. The van der Waals surface area contributed by atoms with E-state index in [0.717, 1.165) is 35.6 Å². The number of rotatable bonds is 5. The topological polar surface area (TPSA) is 87.7 Å². The molecule has 1 saturated heterocycles. The standard InChI is InChI=1S/C25H35N3O4S/c1-16-13-23(28-14-18(3)32-19(4)15-28)17(2)12-22(16)26-24(29)20-8-10-21(11-9-20)27-33(30,31)25(5,6)7/h8-13,18-19,27H,14-15H2,1-7H3,(H,26,29). The molecular weight excluding hydrogens is 438 g/mol. The molecule has 33 heavy (non-hydrogen) atoms. The van der Waals surface area contributed by atoms with Crippen molar-refractivity contribution in [2.75, 3.05) is 28.0 Å². The Hall–Kier alpha value is -2.58. The minimum atomic E-state index is -3.53. The number of ether oxygens (including phenoxy) is 1. The lowest BCUT2D eigenvalue weighted by Gasteiger charge is -2.38. The van der Waals surface area contributed by atoms with Crippen LogP contribution in [0, 0.1) is 13.8 Å². The first kappa shape index (κ1) is 25.1. The Morgan fingerprint density at radius 2 is 1.58 bits per heavy atom. The molecule has 2 N–H and O–H groups in total. The number of sulfonamides is 1. The average molecular weight is 474 g/mol. The molecule has 3 rings (SSSR count). The zero-order valence-electron chi connectivity index (χ0n) is 20.5. The van der Waals surface area contributed by atoms with Gasteiger partial charge in [-0.15, -0.1) is 0 Å². The molecule has 180 valence electrons. The van der Waals surface area contributed by atoms with E-state index in [0.29, 0.717) is 11.3 Å². The van der Waals surface area contributed by atoms with Gasteiger partial charge in [0.25, 0.3) is 5.91 Å². The molecule has 1 heterocycles. The van der Waals surface area contributed by atoms with Crippen LogP contribution in [0.1, 0.15) is 56.1 Å². The van der Waals surface area contributed by atoms with Crippen LogP contribution in [0.15, 0.2) is 36.4 Å². The highest BCUT2D eigenvalue weighted by Crippen LogP contribution is 2.30. The Balaban J connectivity index is 1.73. The fourth-order valence-electron chi connectivity index (χ4n) is 3.84. The molecule has 0 radical (unpaired) electrons. The van der Waals surface area contributed by atoms with E-state index in [-0.39, 0.29) is 18.1 Å². The second-order valence-corrected chi connectivity index (χ2v) is 12.3. The van der Waals surface area contributed by atoms with Gasteiger partial charge in [0.1, 0.15) is 0 Å². The van der Waals surface area contributed by atoms with E-state index in [1.54, 1.807) is 45.0 Å². The van der Waals surface area contributed by atoms with E-state index < -0.39 is 14.8 Å². The van der Waals surface area contributed by atoms with Gasteiger partial charge in [0, 0.05) is 35.7 Å². The van der Waals surface area contributed by atoms with Gasteiger partial charge < -0.3 is 15.0 Å². The average Bonchev–Trinajstić information content (AvgIpc) is 2.69. The van der Waals surface area contributed by atoms with Crippen LogP contribution in [0.5, 0.6) is 0 Å². The molecule has 1 fully saturated rings. The van der Waals surface area contributed by atoms with Gasteiger partial charge in [-0.25, -0.2) is 8.42 Å². The van der Waals surface area contributed by atoms with Crippen LogP contribution in [-0.4, -0.2) is 44.4 Å². The first-order chi connectivity index (χ1) is 15.3. The summed E-state index contributed by atoms with van der Waals surface area (Å²) in [5, 5.41) is 2.99. The summed E-state index contributed by atoms with van der Waals surface area (Å²) in [4.78, 5) is 15.2. The monoisotopic (exact) mass is 473 g/mol. The molecule has 0 spiro atoms. The zero-order valence-corrected chi connectivity index (χ0v) is 21.3. The lowest BCUT2D eigenvalue weighted by Crippen LogP contribution is -2.45. The lowest BCUT2D eigenvalue weighted by atomic mass is 10.1. The summed E-state index contributed by atoms with van der Waals surface area (Å²) in [6, 6.07) is 10.5. The largest absolute Gasteiger partial charge is 0.372 e. The fraction of sp³-hybridized carbons (Fsp3) is 0.480. The van der Waals surface area contributed by atoms with E-state index in [1.165, 1.54) is 0 Å². The molecule has 2 aromatic rings. The van der Waals surface area contributed by atoms with E-state index in [4.69, 9.17) is 4.74 Å². The number of morpholine rings is 1. The van der Waals surface area contributed by atoms with Crippen LogP contribution in [0.2, 0.25) is 0 Å². The van der Waals surface area contributed by atoms with Gasteiger partial charge in [-0.1, -0.05) is 0 Å². The highest BCUT2D eigenvalue weighted by Gasteiger charge is 2.29. The molecule has 8 heteroatoms. The summed E-state index contributed by atoms with van der Waals surface area (Å²) in [5.41, 5.74) is 4.85. The quantitative estimate of drug-likeness (QED) is 0.657. The van der Waals surface area contributed by atoms with Crippen molar-refractivity contribution in [3.8, 4) is 0 Å². The minimum absolute atomic E-state index is 0.170. The maximum Gasteiger partial charge on any atom is 0.255 e. The predicted molar refractivity (Wildman–Crippen MR) is 135 cm³/mol. The van der Waals surface area contributed by atoms with Crippen molar-refractivity contribution in [1.82, 2.24) is 0 Å². The molecule has 0 aromatic heterocycles. The van der Waals surface area contributed by atoms with Gasteiger partial charge >= 0.3 is 0 Å². The maximum atomic E-state index is 12.8. The Morgan fingerprint density at radius 1 is 1.00 bits per heavy atom.